The van der Waals surface area contributed by atoms with Gasteiger partial charge in [0, 0.05) is 37.4 Å². The number of ether oxygens (including phenoxy) is 2. The largest absolute Gasteiger partial charge is 0.453 e. The summed E-state index contributed by atoms with van der Waals surface area (Å²) in [6.45, 7) is 9.28. The van der Waals surface area contributed by atoms with E-state index in [1.165, 1.54) is 26.2 Å². The van der Waals surface area contributed by atoms with Crippen LogP contribution in [-0.4, -0.2) is 49.3 Å². The molecule has 1 saturated heterocycles. The number of hydrogen-bond donors (Lipinski definition) is 2. The van der Waals surface area contributed by atoms with Crippen molar-refractivity contribution >= 4 is 29.3 Å². The maximum absolute atomic E-state index is 12.3. The van der Waals surface area contributed by atoms with E-state index < -0.39 is 23.8 Å². The van der Waals surface area contributed by atoms with Crippen LogP contribution in [0, 0.1) is 0 Å². The summed E-state index contributed by atoms with van der Waals surface area (Å²) in [6, 6.07) is 7.71. The second-order valence-corrected chi connectivity index (χ2v) is 8.75. The van der Waals surface area contributed by atoms with Crippen LogP contribution in [-0.2, 0) is 19.1 Å². The summed E-state index contributed by atoms with van der Waals surface area (Å²) < 4.78 is 10.3. The van der Waals surface area contributed by atoms with E-state index in [0.717, 1.165) is 18.8 Å². The van der Waals surface area contributed by atoms with Crippen LogP contribution < -0.4 is 15.5 Å². The molecular formula is C23H35N3O5. The van der Waals surface area contributed by atoms with E-state index in [4.69, 9.17) is 9.47 Å². The summed E-state index contributed by atoms with van der Waals surface area (Å²) in [5.41, 5.74) is 1.24. The zero-order valence-electron chi connectivity index (χ0n) is 19.0. The molecule has 1 aliphatic rings. The molecule has 0 aliphatic carbocycles. The van der Waals surface area contributed by atoms with E-state index in [1.54, 1.807) is 20.8 Å². The van der Waals surface area contributed by atoms with Crippen molar-refractivity contribution in [3.8, 4) is 0 Å². The van der Waals surface area contributed by atoms with Crippen LogP contribution >= 0.6 is 0 Å². The van der Waals surface area contributed by atoms with E-state index in [1.807, 2.05) is 24.3 Å². The fourth-order valence-electron chi connectivity index (χ4n) is 3.20. The van der Waals surface area contributed by atoms with Gasteiger partial charge in [-0.05, 0) is 77.6 Å². The molecule has 8 nitrogen and oxygen atoms in total. The molecule has 0 saturated carbocycles. The van der Waals surface area contributed by atoms with Crippen molar-refractivity contribution in [1.29, 1.82) is 0 Å². The minimum Gasteiger partial charge on any atom is -0.453 e. The van der Waals surface area contributed by atoms with Crippen LogP contribution in [0.25, 0.3) is 0 Å². The topological polar surface area (TPSA) is 97.0 Å². The van der Waals surface area contributed by atoms with Gasteiger partial charge in [0.2, 0.25) is 0 Å². The number of piperidine rings is 1. The fraction of sp³-hybridized carbons (Fsp3) is 0.609. The summed E-state index contributed by atoms with van der Waals surface area (Å²) >= 11 is 0. The Labute approximate surface area is 184 Å². The van der Waals surface area contributed by atoms with Crippen molar-refractivity contribution < 1.29 is 23.9 Å². The average molecular weight is 434 g/mol. The molecule has 0 unspecified atom stereocenters. The van der Waals surface area contributed by atoms with E-state index in [9.17, 15) is 14.4 Å². The van der Waals surface area contributed by atoms with E-state index in [2.05, 4.69) is 15.5 Å². The highest BCUT2D eigenvalue weighted by molar-refractivity contribution is 5.95. The quantitative estimate of drug-likeness (QED) is 0.477. The van der Waals surface area contributed by atoms with Gasteiger partial charge in [0.25, 0.3) is 5.91 Å². The van der Waals surface area contributed by atoms with Crippen molar-refractivity contribution in [2.75, 3.05) is 29.9 Å². The number of nitrogens with zero attached hydrogens (tertiary/aromatic N) is 1. The van der Waals surface area contributed by atoms with Gasteiger partial charge in [-0.25, -0.2) is 4.79 Å². The number of esters is 1. The first-order chi connectivity index (χ1) is 14.6. The Morgan fingerprint density at radius 3 is 2.32 bits per heavy atom. The van der Waals surface area contributed by atoms with Crippen molar-refractivity contribution in [1.82, 2.24) is 5.32 Å². The van der Waals surface area contributed by atoms with E-state index in [-0.39, 0.29) is 18.9 Å². The van der Waals surface area contributed by atoms with Crippen LogP contribution in [0.1, 0.15) is 59.8 Å². The first kappa shape index (κ1) is 24.5. The van der Waals surface area contributed by atoms with Gasteiger partial charge in [0.15, 0.2) is 6.10 Å². The van der Waals surface area contributed by atoms with Gasteiger partial charge in [0.05, 0.1) is 0 Å². The SMILES string of the molecule is C[C@@H](OC(=O)CCCNC(=O)OC(C)(C)C)C(=O)Nc1ccc(N2CCCCC2)cc1. The Morgan fingerprint density at radius 1 is 1.06 bits per heavy atom. The van der Waals surface area contributed by atoms with Crippen LogP contribution in [0.5, 0.6) is 0 Å². The lowest BCUT2D eigenvalue weighted by atomic mass is 10.1. The molecule has 172 valence electrons. The van der Waals surface area contributed by atoms with Crippen molar-refractivity contribution in [3.63, 3.8) is 0 Å². The molecule has 0 radical (unpaired) electrons. The van der Waals surface area contributed by atoms with Crippen LogP contribution in [0.15, 0.2) is 24.3 Å². The molecule has 8 heteroatoms. The molecule has 1 aromatic carbocycles. The summed E-state index contributed by atoms with van der Waals surface area (Å²) in [5.74, 6) is -0.875. The number of nitrogens with one attached hydrogen (secondary N) is 2. The molecule has 0 aromatic heterocycles. The second-order valence-electron chi connectivity index (χ2n) is 8.75. The van der Waals surface area contributed by atoms with E-state index in [0.29, 0.717) is 12.1 Å². The number of hydrogen-bond acceptors (Lipinski definition) is 6. The first-order valence-corrected chi connectivity index (χ1v) is 11.0. The lowest BCUT2D eigenvalue weighted by Crippen LogP contribution is -2.33. The molecule has 31 heavy (non-hydrogen) atoms. The third kappa shape index (κ3) is 9.27. The molecule has 2 rings (SSSR count). The highest BCUT2D eigenvalue weighted by Crippen LogP contribution is 2.22. The van der Waals surface area contributed by atoms with Gasteiger partial charge >= 0.3 is 12.1 Å². The second kappa shape index (κ2) is 11.6. The molecule has 0 spiro atoms. The molecule has 0 bridgehead atoms. The van der Waals surface area contributed by atoms with Gasteiger partial charge in [0.1, 0.15) is 5.60 Å². The molecule has 2 N–H and O–H groups in total. The number of amides is 2. The van der Waals surface area contributed by atoms with Crippen molar-refractivity contribution in [2.45, 2.75) is 71.5 Å². The van der Waals surface area contributed by atoms with Crippen LogP contribution in [0.4, 0.5) is 16.2 Å². The summed E-state index contributed by atoms with van der Waals surface area (Å²) in [6.07, 6.45) is 2.74. The van der Waals surface area contributed by atoms with E-state index >= 15 is 0 Å². The molecule has 1 aliphatic heterocycles. The lowest BCUT2D eigenvalue weighted by Gasteiger charge is -2.28. The maximum Gasteiger partial charge on any atom is 0.407 e. The minimum atomic E-state index is -0.909. The molecule has 1 heterocycles. The molecule has 1 atom stereocenters. The molecule has 2 amide bonds. The van der Waals surface area contributed by atoms with Gasteiger partial charge in [-0.15, -0.1) is 0 Å². The minimum absolute atomic E-state index is 0.0952. The molecule has 1 fully saturated rings. The fourth-order valence-corrected chi connectivity index (χ4v) is 3.20. The molecular weight excluding hydrogens is 398 g/mol. The number of benzene rings is 1. The van der Waals surface area contributed by atoms with Crippen molar-refractivity contribution in [2.24, 2.45) is 0 Å². The Kier molecular flexibility index (Phi) is 9.15. The summed E-state index contributed by atoms with van der Waals surface area (Å²) in [4.78, 5) is 38.2. The normalized spacial score (nSPS) is 15.0. The summed E-state index contributed by atoms with van der Waals surface area (Å²) in [5, 5.41) is 5.35. The Morgan fingerprint density at radius 2 is 1.71 bits per heavy atom. The van der Waals surface area contributed by atoms with Crippen LogP contribution in [0.3, 0.4) is 0 Å². The third-order valence-electron chi connectivity index (χ3n) is 4.76. The predicted molar refractivity (Wildman–Crippen MR) is 120 cm³/mol. The monoisotopic (exact) mass is 433 g/mol. The first-order valence-electron chi connectivity index (χ1n) is 11.0. The van der Waals surface area contributed by atoms with Crippen molar-refractivity contribution in [3.05, 3.63) is 24.3 Å². The maximum atomic E-state index is 12.3. The highest BCUT2D eigenvalue weighted by atomic mass is 16.6. The predicted octanol–water partition coefficient (Wildman–Crippen LogP) is 3.85. The van der Waals surface area contributed by atoms with Gasteiger partial charge in [-0.2, -0.15) is 0 Å². The zero-order chi connectivity index (χ0) is 22.9. The number of anilines is 2. The van der Waals surface area contributed by atoms with Gasteiger partial charge < -0.3 is 25.0 Å². The van der Waals surface area contributed by atoms with Gasteiger partial charge in [-0.3, -0.25) is 9.59 Å². The van der Waals surface area contributed by atoms with Gasteiger partial charge in [-0.1, -0.05) is 0 Å². The summed E-state index contributed by atoms with van der Waals surface area (Å²) in [7, 11) is 0. The lowest BCUT2D eigenvalue weighted by molar-refractivity contribution is -0.153. The Balaban J connectivity index is 1.68. The third-order valence-corrected chi connectivity index (χ3v) is 4.76. The molecule has 1 aromatic rings. The average Bonchev–Trinajstić information content (AvgIpc) is 2.71. The number of rotatable bonds is 8. The smallest absolute Gasteiger partial charge is 0.407 e. The zero-order valence-corrected chi connectivity index (χ0v) is 19.0. The standard InChI is InChI=1S/C23H35N3O5/c1-17(30-20(27)9-8-14-24-22(29)31-23(2,3)4)21(28)25-18-10-12-19(13-11-18)26-15-6-5-7-16-26/h10-13,17H,5-9,14-16H2,1-4H3,(H,24,29)(H,25,28)/t17-/m1/s1. The highest BCUT2D eigenvalue weighted by Gasteiger charge is 2.19. The number of alkyl carbamates (subject to hydrolysis) is 1. The number of carbonyl (C=O) groups is 3. The Hall–Kier alpha value is -2.77. The number of carbonyl (C=O) groups excluding carboxylic acids is 3. The van der Waals surface area contributed by atoms with Crippen LogP contribution in [0.2, 0.25) is 0 Å². The Bertz CT molecular complexity index is 737.